The van der Waals surface area contributed by atoms with E-state index in [1.807, 2.05) is 24.3 Å². The van der Waals surface area contributed by atoms with Crippen LogP contribution in [0.2, 0.25) is 0 Å². The smallest absolute Gasteiger partial charge is 0.229 e. The standard InChI is InChI=1S/C14H18N2O2/c15-9-11-5-1-2-6-12(11)10-16-13(17)7-3-4-8-14(16)18/h1-2,5-6H,3-4,7-10,15H2. The van der Waals surface area contributed by atoms with Crippen LogP contribution in [0, 0.1) is 0 Å². The van der Waals surface area contributed by atoms with Crippen LogP contribution in [0.5, 0.6) is 0 Å². The second-order valence-electron chi connectivity index (χ2n) is 4.55. The first kappa shape index (κ1) is 12.8. The summed E-state index contributed by atoms with van der Waals surface area (Å²) >= 11 is 0. The zero-order valence-corrected chi connectivity index (χ0v) is 10.4. The molecule has 0 unspecified atom stereocenters. The number of benzene rings is 1. The molecule has 96 valence electrons. The van der Waals surface area contributed by atoms with E-state index < -0.39 is 0 Å². The quantitative estimate of drug-likeness (QED) is 0.823. The Kier molecular flexibility index (Phi) is 4.10. The van der Waals surface area contributed by atoms with Gasteiger partial charge in [0.05, 0.1) is 6.54 Å². The molecule has 1 heterocycles. The molecule has 0 atom stereocenters. The van der Waals surface area contributed by atoms with Gasteiger partial charge in [-0.25, -0.2) is 0 Å². The summed E-state index contributed by atoms with van der Waals surface area (Å²) in [6.45, 7) is 0.775. The van der Waals surface area contributed by atoms with E-state index >= 15 is 0 Å². The molecule has 1 aliphatic heterocycles. The van der Waals surface area contributed by atoms with Gasteiger partial charge in [0.15, 0.2) is 0 Å². The summed E-state index contributed by atoms with van der Waals surface area (Å²) in [4.78, 5) is 25.2. The molecule has 0 aromatic heterocycles. The highest BCUT2D eigenvalue weighted by Gasteiger charge is 2.24. The lowest BCUT2D eigenvalue weighted by molar-refractivity contribution is -0.144. The molecule has 1 fully saturated rings. The fourth-order valence-corrected chi connectivity index (χ4v) is 2.22. The lowest BCUT2D eigenvalue weighted by atomic mass is 10.1. The lowest BCUT2D eigenvalue weighted by Gasteiger charge is -2.20. The predicted molar refractivity (Wildman–Crippen MR) is 68.4 cm³/mol. The highest BCUT2D eigenvalue weighted by Crippen LogP contribution is 2.17. The lowest BCUT2D eigenvalue weighted by Crippen LogP contribution is -2.34. The average molecular weight is 246 g/mol. The molecule has 4 nitrogen and oxygen atoms in total. The van der Waals surface area contributed by atoms with Crippen molar-refractivity contribution >= 4 is 11.8 Å². The van der Waals surface area contributed by atoms with Crippen molar-refractivity contribution in [2.75, 3.05) is 0 Å². The minimum atomic E-state index is -0.0654. The summed E-state index contributed by atoms with van der Waals surface area (Å²) in [6.07, 6.45) is 2.55. The van der Waals surface area contributed by atoms with Crippen LogP contribution in [0.1, 0.15) is 36.8 Å². The molecule has 0 aliphatic carbocycles. The van der Waals surface area contributed by atoms with Gasteiger partial charge in [0.25, 0.3) is 0 Å². The summed E-state index contributed by atoms with van der Waals surface area (Å²) in [7, 11) is 0. The Bertz CT molecular complexity index is 439. The third kappa shape index (κ3) is 2.76. The number of nitrogens with zero attached hydrogens (tertiary/aromatic N) is 1. The van der Waals surface area contributed by atoms with E-state index in [1.165, 1.54) is 4.90 Å². The number of hydrogen-bond donors (Lipinski definition) is 1. The van der Waals surface area contributed by atoms with Crippen LogP contribution in [0.15, 0.2) is 24.3 Å². The molecule has 1 aliphatic rings. The Balaban J connectivity index is 2.20. The minimum absolute atomic E-state index is 0.0654. The number of nitrogens with two attached hydrogens (primary N) is 1. The van der Waals surface area contributed by atoms with Crippen molar-refractivity contribution in [3.8, 4) is 0 Å². The number of imide groups is 1. The molecule has 0 radical (unpaired) electrons. The van der Waals surface area contributed by atoms with Crippen LogP contribution in [-0.4, -0.2) is 16.7 Å². The zero-order valence-electron chi connectivity index (χ0n) is 10.4. The first-order chi connectivity index (χ1) is 8.72. The van der Waals surface area contributed by atoms with E-state index in [9.17, 15) is 9.59 Å². The number of carbonyl (C=O) groups excluding carboxylic acids is 2. The molecule has 0 spiro atoms. The van der Waals surface area contributed by atoms with E-state index in [0.29, 0.717) is 25.9 Å². The molecule has 1 aromatic carbocycles. The zero-order chi connectivity index (χ0) is 13.0. The summed E-state index contributed by atoms with van der Waals surface area (Å²) in [6, 6.07) is 7.68. The van der Waals surface area contributed by atoms with Crippen molar-refractivity contribution in [2.24, 2.45) is 5.73 Å². The third-order valence-electron chi connectivity index (χ3n) is 3.30. The Morgan fingerprint density at radius 1 is 1.00 bits per heavy atom. The second kappa shape index (κ2) is 5.78. The molecule has 0 bridgehead atoms. The van der Waals surface area contributed by atoms with Crippen LogP contribution in [-0.2, 0) is 22.7 Å². The van der Waals surface area contributed by atoms with Gasteiger partial charge in [-0.1, -0.05) is 24.3 Å². The van der Waals surface area contributed by atoms with Gasteiger partial charge in [0, 0.05) is 19.4 Å². The van der Waals surface area contributed by atoms with E-state index in [0.717, 1.165) is 24.0 Å². The van der Waals surface area contributed by atoms with Gasteiger partial charge in [0.2, 0.25) is 11.8 Å². The summed E-state index contributed by atoms with van der Waals surface area (Å²) in [5, 5.41) is 0. The van der Waals surface area contributed by atoms with E-state index in [-0.39, 0.29) is 11.8 Å². The van der Waals surface area contributed by atoms with E-state index in [4.69, 9.17) is 5.73 Å². The normalized spacial score (nSPS) is 16.8. The van der Waals surface area contributed by atoms with Gasteiger partial charge >= 0.3 is 0 Å². The maximum Gasteiger partial charge on any atom is 0.229 e. The molecule has 1 saturated heterocycles. The fourth-order valence-electron chi connectivity index (χ4n) is 2.22. The van der Waals surface area contributed by atoms with E-state index in [2.05, 4.69) is 0 Å². The number of rotatable bonds is 3. The molecular weight excluding hydrogens is 228 g/mol. The van der Waals surface area contributed by atoms with Crippen LogP contribution in [0.25, 0.3) is 0 Å². The predicted octanol–water partition coefficient (Wildman–Crippen LogP) is 1.57. The number of carbonyl (C=O) groups is 2. The van der Waals surface area contributed by atoms with Gasteiger partial charge in [-0.05, 0) is 24.0 Å². The maximum atomic E-state index is 11.9. The molecule has 2 rings (SSSR count). The topological polar surface area (TPSA) is 63.4 Å². The summed E-state index contributed by atoms with van der Waals surface area (Å²) in [5.41, 5.74) is 7.62. The first-order valence-corrected chi connectivity index (χ1v) is 6.32. The van der Waals surface area contributed by atoms with Crippen LogP contribution in [0.3, 0.4) is 0 Å². The molecule has 2 N–H and O–H groups in total. The van der Waals surface area contributed by atoms with Crippen LogP contribution in [0.4, 0.5) is 0 Å². The highest BCUT2D eigenvalue weighted by molar-refractivity contribution is 5.95. The molecule has 18 heavy (non-hydrogen) atoms. The molecule has 4 heteroatoms. The van der Waals surface area contributed by atoms with Gasteiger partial charge in [-0.2, -0.15) is 0 Å². The highest BCUT2D eigenvalue weighted by atomic mass is 16.2. The van der Waals surface area contributed by atoms with Crippen molar-refractivity contribution in [1.29, 1.82) is 0 Å². The van der Waals surface area contributed by atoms with Crippen molar-refractivity contribution in [1.82, 2.24) is 4.90 Å². The average Bonchev–Trinajstić information content (AvgIpc) is 2.54. The van der Waals surface area contributed by atoms with Gasteiger partial charge in [0.1, 0.15) is 0 Å². The Labute approximate surface area is 107 Å². The number of likely N-dealkylation sites (tertiary alicyclic amines) is 1. The second-order valence-corrected chi connectivity index (χ2v) is 4.55. The SMILES string of the molecule is NCc1ccccc1CN1C(=O)CCCCC1=O. The van der Waals surface area contributed by atoms with E-state index in [1.54, 1.807) is 0 Å². The van der Waals surface area contributed by atoms with Crippen molar-refractivity contribution in [3.63, 3.8) is 0 Å². The number of amides is 2. The monoisotopic (exact) mass is 246 g/mol. The largest absolute Gasteiger partial charge is 0.326 e. The third-order valence-corrected chi connectivity index (χ3v) is 3.30. The summed E-state index contributed by atoms with van der Waals surface area (Å²) in [5.74, 6) is -0.131. The molecule has 2 amide bonds. The number of hydrogen-bond acceptors (Lipinski definition) is 3. The molecule has 1 aromatic rings. The fraction of sp³-hybridized carbons (Fsp3) is 0.429. The van der Waals surface area contributed by atoms with Crippen molar-refractivity contribution in [2.45, 2.75) is 38.8 Å². The summed E-state index contributed by atoms with van der Waals surface area (Å²) < 4.78 is 0. The van der Waals surface area contributed by atoms with Crippen molar-refractivity contribution < 1.29 is 9.59 Å². The Hall–Kier alpha value is -1.68. The van der Waals surface area contributed by atoms with Crippen LogP contribution >= 0.6 is 0 Å². The van der Waals surface area contributed by atoms with Crippen LogP contribution < -0.4 is 5.73 Å². The first-order valence-electron chi connectivity index (χ1n) is 6.32. The minimum Gasteiger partial charge on any atom is -0.326 e. The Morgan fingerprint density at radius 3 is 2.11 bits per heavy atom. The van der Waals surface area contributed by atoms with Gasteiger partial charge < -0.3 is 5.73 Å². The molecular formula is C14H18N2O2. The molecule has 0 saturated carbocycles. The van der Waals surface area contributed by atoms with Crippen molar-refractivity contribution in [3.05, 3.63) is 35.4 Å². The van der Waals surface area contributed by atoms with Gasteiger partial charge in [-0.15, -0.1) is 0 Å². The maximum absolute atomic E-state index is 11.9. The van der Waals surface area contributed by atoms with Gasteiger partial charge in [-0.3, -0.25) is 14.5 Å². The Morgan fingerprint density at radius 2 is 1.56 bits per heavy atom.